The number of phenols is 1. The number of piperidine rings is 1. The fourth-order valence-corrected chi connectivity index (χ4v) is 8.64. The summed E-state index contributed by atoms with van der Waals surface area (Å²) in [4.78, 5) is 133. The number of likely N-dealkylation sites (N-methyl/N-ethyl adjacent to an activating group) is 1. The van der Waals surface area contributed by atoms with Crippen molar-refractivity contribution >= 4 is 59.2 Å². The van der Waals surface area contributed by atoms with Gasteiger partial charge in [0.1, 0.15) is 54.6 Å². The van der Waals surface area contributed by atoms with Crippen LogP contribution in [-0.4, -0.2) is 160 Å². The van der Waals surface area contributed by atoms with E-state index >= 15 is 4.79 Å². The molecular formula is C50H72N10O14. The number of carbonyl (C=O) groups is 9. The highest BCUT2D eigenvalue weighted by Crippen LogP contribution is 2.29. The van der Waals surface area contributed by atoms with Crippen LogP contribution in [0.5, 0.6) is 11.5 Å². The lowest BCUT2D eigenvalue weighted by molar-refractivity contribution is -0.165. The number of nitrogens with one attached hydrogen (secondary N) is 5. The van der Waals surface area contributed by atoms with E-state index in [0.717, 1.165) is 16.2 Å². The van der Waals surface area contributed by atoms with Gasteiger partial charge in [0.25, 0.3) is 0 Å². The number of methoxy groups -OCH3 is 1. The Hall–Kier alpha value is -7.50. The Morgan fingerprint density at radius 3 is 2.20 bits per heavy atom. The lowest BCUT2D eigenvalue weighted by Crippen LogP contribution is -2.65. The van der Waals surface area contributed by atoms with Gasteiger partial charge in [-0.05, 0) is 68.2 Å². The van der Waals surface area contributed by atoms with Crippen molar-refractivity contribution in [2.45, 2.75) is 153 Å². The van der Waals surface area contributed by atoms with Crippen molar-refractivity contribution < 1.29 is 67.9 Å². The standard InChI is InChI=1S/C50H72N10O14/c1-7-8-10-17-38(62)54-33(26-40(64)65)44(67)58-42-28(4)74-49(72)41(27(2)3)57-45(68)34(24-30-18-20-37(73-6)36(61)25-30)59(5)48(71)35(23-29-14-11-9-12-15-29)60-39(63)21-19-32(47(60)70)56-43(66)31(55-46(42)69)16-13-22-53-50(51)52/h9,11-12,14-15,18,20,25,27-28,31-35,39,41-42,61,63H,7-8,10,13,16-17,19,21-24,26H2,1-6H3,(H,54,62)(H,55,69)(H,56,66)(H,57,68)(H,58,67)(H,64,65)(H4,51,52,53). The van der Waals surface area contributed by atoms with E-state index in [9.17, 15) is 53.7 Å². The number of nitrogens with zero attached hydrogens (tertiary/aromatic N) is 3. The van der Waals surface area contributed by atoms with Crippen molar-refractivity contribution in [2.24, 2.45) is 22.4 Å². The first-order valence-electron chi connectivity index (χ1n) is 24.7. The van der Waals surface area contributed by atoms with Gasteiger partial charge in [0.05, 0.1) is 13.5 Å². The third-order valence-electron chi connectivity index (χ3n) is 12.8. The molecule has 12 N–H and O–H groups in total. The van der Waals surface area contributed by atoms with Crippen LogP contribution in [0.15, 0.2) is 53.5 Å². The summed E-state index contributed by atoms with van der Waals surface area (Å²) in [6, 6.07) is 1.87. The van der Waals surface area contributed by atoms with E-state index in [4.69, 9.17) is 20.9 Å². The molecule has 2 aliphatic rings. The number of carboxylic acid groups (broad SMARTS) is 1. The first kappa shape index (κ1) is 59.1. The van der Waals surface area contributed by atoms with Crippen LogP contribution in [-0.2, 0) is 60.7 Å². The number of esters is 1. The molecule has 2 aromatic carbocycles. The molecule has 2 heterocycles. The zero-order valence-corrected chi connectivity index (χ0v) is 42.7. The van der Waals surface area contributed by atoms with Crippen molar-refractivity contribution in [1.82, 2.24) is 36.4 Å². The topological polar surface area (TPSA) is 364 Å². The number of carboxylic acids is 1. The molecule has 74 heavy (non-hydrogen) atoms. The maximum absolute atomic E-state index is 15.1. The molecule has 24 nitrogen and oxygen atoms in total. The zero-order chi connectivity index (χ0) is 54.8. The molecule has 9 unspecified atom stereocenters. The quantitative estimate of drug-likeness (QED) is 0.0365. The van der Waals surface area contributed by atoms with Gasteiger partial charge in [-0.15, -0.1) is 0 Å². The number of aliphatic hydroxyl groups is 1. The molecule has 2 bridgehead atoms. The van der Waals surface area contributed by atoms with E-state index in [1.165, 1.54) is 33.2 Å². The fraction of sp³-hybridized carbons (Fsp3) is 0.560. The minimum Gasteiger partial charge on any atom is -0.504 e. The van der Waals surface area contributed by atoms with Gasteiger partial charge >= 0.3 is 11.9 Å². The lowest BCUT2D eigenvalue weighted by atomic mass is 9.95. The first-order chi connectivity index (χ1) is 35.1. The molecule has 4 rings (SSSR count). The molecule has 2 aromatic rings. The third kappa shape index (κ3) is 16.8. The highest BCUT2D eigenvalue weighted by atomic mass is 16.5. The predicted octanol–water partition coefficient (Wildman–Crippen LogP) is -0.544. The van der Waals surface area contributed by atoms with Crippen LogP contribution in [0.4, 0.5) is 0 Å². The van der Waals surface area contributed by atoms with Crippen LogP contribution in [0, 0.1) is 5.92 Å². The number of aromatic hydroxyl groups is 1. The molecule has 406 valence electrons. The number of guanidine groups is 1. The molecule has 2 saturated heterocycles. The normalized spacial score (nSPS) is 23.7. The van der Waals surface area contributed by atoms with Crippen LogP contribution in [0.3, 0.4) is 0 Å². The second-order valence-electron chi connectivity index (χ2n) is 18.8. The van der Waals surface area contributed by atoms with E-state index in [1.54, 1.807) is 50.2 Å². The van der Waals surface area contributed by atoms with Gasteiger partial charge in [0.2, 0.25) is 41.4 Å². The van der Waals surface area contributed by atoms with Crippen LogP contribution in [0.1, 0.15) is 96.6 Å². The Labute approximate surface area is 429 Å². The SMILES string of the molecule is CCCCCC(=O)NC(CC(=O)O)C(=O)NC1C(=O)NC(CCCN=C(N)N)C(=O)NC2CCC(O)N(C2=O)C(Cc2ccccc2)C(=O)N(C)C(Cc2ccc(OC)c(O)c2)C(=O)NC(C(C)C)C(=O)OC1C. The summed E-state index contributed by atoms with van der Waals surface area (Å²) in [5.41, 5.74) is 12.0. The Balaban J connectivity index is 1.90. The number of aliphatic imine (C=N–C) groups is 1. The van der Waals surface area contributed by atoms with Gasteiger partial charge in [0.15, 0.2) is 17.5 Å². The number of phenolic OH excluding ortho intramolecular Hbond substituents is 1. The number of hydrogen-bond acceptors (Lipinski definition) is 14. The Morgan fingerprint density at radius 1 is 0.892 bits per heavy atom. The molecular weight excluding hydrogens is 965 g/mol. The van der Waals surface area contributed by atoms with Crippen molar-refractivity contribution in [3.8, 4) is 11.5 Å². The number of aliphatic carboxylic acids is 1. The van der Waals surface area contributed by atoms with E-state index in [2.05, 4.69) is 31.6 Å². The lowest BCUT2D eigenvalue weighted by Gasteiger charge is -2.43. The summed E-state index contributed by atoms with van der Waals surface area (Å²) >= 11 is 0. The number of aliphatic hydroxyl groups excluding tert-OH is 1. The second kappa shape index (κ2) is 28.1. The van der Waals surface area contributed by atoms with Gasteiger partial charge in [-0.3, -0.25) is 43.3 Å². The number of cyclic esters (lactones) is 1. The molecule has 24 heteroatoms. The Morgan fingerprint density at radius 2 is 1.58 bits per heavy atom. The van der Waals surface area contributed by atoms with Gasteiger partial charge in [-0.2, -0.15) is 0 Å². The molecule has 0 spiro atoms. The first-order valence-corrected chi connectivity index (χ1v) is 24.7. The number of carbonyl (C=O) groups excluding carboxylic acids is 8. The number of ether oxygens (including phenoxy) is 2. The van der Waals surface area contributed by atoms with Gasteiger partial charge < -0.3 is 72.6 Å². The Kier molecular flexibility index (Phi) is 22.4. The number of amides is 7. The van der Waals surface area contributed by atoms with Gasteiger partial charge in [-0.25, -0.2) is 4.79 Å². The summed E-state index contributed by atoms with van der Waals surface area (Å²) in [5.74, 6) is -10.2. The van der Waals surface area contributed by atoms with Gasteiger partial charge in [0, 0.05) is 32.9 Å². The van der Waals surface area contributed by atoms with E-state index in [0.29, 0.717) is 24.0 Å². The molecule has 0 radical (unpaired) electrons. The molecule has 2 fully saturated rings. The maximum Gasteiger partial charge on any atom is 0.329 e. The summed E-state index contributed by atoms with van der Waals surface area (Å²) in [6.45, 7) is 6.27. The summed E-state index contributed by atoms with van der Waals surface area (Å²) in [5, 5.41) is 44.8. The van der Waals surface area contributed by atoms with Crippen molar-refractivity contribution in [2.75, 3.05) is 20.7 Å². The summed E-state index contributed by atoms with van der Waals surface area (Å²) < 4.78 is 11.0. The van der Waals surface area contributed by atoms with Crippen LogP contribution in [0.25, 0.3) is 0 Å². The predicted molar refractivity (Wildman–Crippen MR) is 267 cm³/mol. The average Bonchev–Trinajstić information content (AvgIpc) is 3.34. The number of unbranched alkanes of at least 4 members (excludes halogenated alkanes) is 2. The molecule has 2 aliphatic heterocycles. The largest absolute Gasteiger partial charge is 0.504 e. The number of hydrogen-bond donors (Lipinski definition) is 10. The van der Waals surface area contributed by atoms with Crippen molar-refractivity contribution in [3.05, 3.63) is 59.7 Å². The van der Waals surface area contributed by atoms with Crippen LogP contribution < -0.4 is 42.8 Å². The number of fused-ring (bicyclic) bond motifs is 2. The molecule has 0 saturated carbocycles. The monoisotopic (exact) mass is 1040 g/mol. The smallest absolute Gasteiger partial charge is 0.329 e. The minimum absolute atomic E-state index is 0.0208. The Bertz CT molecular complexity index is 2350. The highest BCUT2D eigenvalue weighted by Gasteiger charge is 2.46. The summed E-state index contributed by atoms with van der Waals surface area (Å²) in [6.07, 6.45) is -3.06. The van der Waals surface area contributed by atoms with Gasteiger partial charge in [-0.1, -0.05) is 70.0 Å². The molecule has 0 aromatic heterocycles. The number of benzene rings is 2. The zero-order valence-electron chi connectivity index (χ0n) is 42.7. The average molecular weight is 1040 g/mol. The van der Waals surface area contributed by atoms with Crippen LogP contribution >= 0.6 is 0 Å². The van der Waals surface area contributed by atoms with Crippen LogP contribution in [0.2, 0.25) is 0 Å². The maximum atomic E-state index is 15.1. The molecule has 0 aliphatic carbocycles. The highest BCUT2D eigenvalue weighted by molar-refractivity contribution is 5.99. The summed E-state index contributed by atoms with van der Waals surface area (Å²) in [7, 11) is 2.65. The van der Waals surface area contributed by atoms with E-state index in [-0.39, 0.29) is 68.9 Å². The third-order valence-corrected chi connectivity index (χ3v) is 12.8. The fourth-order valence-electron chi connectivity index (χ4n) is 8.64. The number of nitrogens with two attached hydrogens (primary N) is 2. The second-order valence-corrected chi connectivity index (χ2v) is 18.8. The molecule has 7 amide bonds. The molecule has 9 atom stereocenters. The minimum atomic E-state index is -1.90. The van der Waals surface area contributed by atoms with Crippen molar-refractivity contribution in [3.63, 3.8) is 0 Å². The van der Waals surface area contributed by atoms with Crippen molar-refractivity contribution in [1.29, 1.82) is 0 Å². The van der Waals surface area contributed by atoms with E-state index in [1.807, 2.05) is 6.92 Å². The van der Waals surface area contributed by atoms with E-state index < -0.39 is 120 Å². The number of rotatable bonds is 19.